The highest BCUT2D eigenvalue weighted by atomic mass is 35.5. The van der Waals surface area contributed by atoms with E-state index in [-0.39, 0.29) is 5.02 Å². The molecule has 3 rings (SSSR count). The molecule has 0 aliphatic carbocycles. The number of fused-ring (bicyclic) bond motifs is 1. The molecule has 0 bridgehead atoms. The van der Waals surface area contributed by atoms with Crippen LogP contribution in [0.15, 0.2) is 12.1 Å². The lowest BCUT2D eigenvalue weighted by Crippen LogP contribution is -2.20. The van der Waals surface area contributed by atoms with E-state index in [4.69, 9.17) is 28.6 Å². The number of imidazole rings is 1. The van der Waals surface area contributed by atoms with Gasteiger partial charge in [0, 0.05) is 25.8 Å². The van der Waals surface area contributed by atoms with Crippen molar-refractivity contribution in [2.75, 3.05) is 13.2 Å². The molecule has 6 heteroatoms. The first-order chi connectivity index (χ1) is 9.15. The minimum absolute atomic E-state index is 0.127. The fourth-order valence-electron chi connectivity index (χ4n) is 2.52. The Morgan fingerprint density at radius 3 is 2.89 bits per heavy atom. The molecule has 1 aliphatic rings. The summed E-state index contributed by atoms with van der Waals surface area (Å²) in [6.45, 7) is 2.43. The lowest BCUT2D eigenvalue weighted by molar-refractivity contribution is 0.0615. The van der Waals surface area contributed by atoms with E-state index in [1.165, 1.54) is 6.07 Å². The molecule has 2 aromatic rings. The number of nitrogens with zero attached hydrogens (tertiary/aromatic N) is 1. The van der Waals surface area contributed by atoms with Crippen molar-refractivity contribution in [3.05, 3.63) is 27.7 Å². The zero-order valence-corrected chi connectivity index (χ0v) is 11.9. The Labute approximate surface area is 120 Å². The van der Waals surface area contributed by atoms with Gasteiger partial charge in [0.25, 0.3) is 0 Å². The van der Waals surface area contributed by atoms with Crippen LogP contribution in [-0.4, -0.2) is 22.8 Å². The van der Waals surface area contributed by atoms with Gasteiger partial charge in [-0.05, 0) is 37.0 Å². The predicted octanol–water partition coefficient (Wildman–Crippen LogP) is 3.92. The first-order valence-electron chi connectivity index (χ1n) is 6.30. The molecule has 1 aromatic carbocycles. The number of aromatic nitrogens is 2. The Bertz CT molecular complexity index is 660. The van der Waals surface area contributed by atoms with Crippen LogP contribution in [0.1, 0.15) is 12.8 Å². The van der Waals surface area contributed by atoms with E-state index in [0.717, 1.165) is 38.1 Å². The number of nitrogens with one attached hydrogen (secondary N) is 1. The zero-order valence-electron chi connectivity index (χ0n) is 10.3. The second-order valence-corrected chi connectivity index (χ2v) is 5.67. The molecule has 0 amide bonds. The molecule has 1 aromatic heterocycles. The van der Waals surface area contributed by atoms with Crippen molar-refractivity contribution in [3.8, 4) is 0 Å². The number of hydrogen-bond acceptors (Lipinski definition) is 2. The lowest BCUT2D eigenvalue weighted by Gasteiger charge is -2.22. The molecule has 1 aliphatic heterocycles. The highest BCUT2D eigenvalue weighted by molar-refractivity contribution is 7.71. The summed E-state index contributed by atoms with van der Waals surface area (Å²) in [5.41, 5.74) is 1.56. The summed E-state index contributed by atoms with van der Waals surface area (Å²) in [6.07, 6.45) is 2.06. The van der Waals surface area contributed by atoms with Gasteiger partial charge in [-0.25, -0.2) is 4.39 Å². The number of halogens is 2. The Morgan fingerprint density at radius 2 is 2.16 bits per heavy atom. The van der Waals surface area contributed by atoms with Crippen LogP contribution in [0.25, 0.3) is 11.0 Å². The zero-order chi connectivity index (χ0) is 13.4. The SMILES string of the molecule is Fc1cc2[nH]c(=S)n(CC3CCOCC3)c2cc1Cl. The van der Waals surface area contributed by atoms with Gasteiger partial charge < -0.3 is 14.3 Å². The summed E-state index contributed by atoms with van der Waals surface area (Å²) in [5, 5.41) is 0.127. The number of H-pyrrole nitrogens is 1. The molecule has 0 radical (unpaired) electrons. The Kier molecular flexibility index (Phi) is 3.60. The number of ether oxygens (including phenoxy) is 1. The summed E-state index contributed by atoms with van der Waals surface area (Å²) >= 11 is 11.2. The van der Waals surface area contributed by atoms with E-state index in [0.29, 0.717) is 16.2 Å². The molecule has 3 nitrogen and oxygen atoms in total. The summed E-state index contributed by atoms with van der Waals surface area (Å²) in [7, 11) is 0. The van der Waals surface area contributed by atoms with E-state index in [9.17, 15) is 4.39 Å². The van der Waals surface area contributed by atoms with E-state index in [1.54, 1.807) is 6.07 Å². The van der Waals surface area contributed by atoms with Gasteiger partial charge >= 0.3 is 0 Å². The minimum atomic E-state index is -0.427. The Balaban J connectivity index is 2.00. The highest BCUT2D eigenvalue weighted by Crippen LogP contribution is 2.25. The molecule has 102 valence electrons. The van der Waals surface area contributed by atoms with Crippen LogP contribution in [0.3, 0.4) is 0 Å². The molecule has 0 atom stereocenters. The summed E-state index contributed by atoms with van der Waals surface area (Å²) in [4.78, 5) is 3.03. The third-order valence-corrected chi connectivity index (χ3v) is 4.21. The Hall–Kier alpha value is -0.910. The molecule has 1 N–H and O–H groups in total. The molecule has 1 fully saturated rings. The number of hydrogen-bond donors (Lipinski definition) is 1. The van der Waals surface area contributed by atoms with Crippen molar-refractivity contribution in [2.24, 2.45) is 5.92 Å². The summed E-state index contributed by atoms with van der Waals surface area (Å²) < 4.78 is 21.4. The standard InChI is InChI=1S/C13H14ClFN2OS/c14-9-5-12-11(6-10(9)15)16-13(19)17(12)7-8-1-3-18-4-2-8/h5-6,8H,1-4,7H2,(H,16,19). The van der Waals surface area contributed by atoms with Crippen LogP contribution < -0.4 is 0 Å². The van der Waals surface area contributed by atoms with Crippen molar-refractivity contribution in [2.45, 2.75) is 19.4 Å². The van der Waals surface area contributed by atoms with Crippen LogP contribution in [0.2, 0.25) is 5.02 Å². The molecule has 19 heavy (non-hydrogen) atoms. The van der Waals surface area contributed by atoms with Crippen molar-refractivity contribution in [3.63, 3.8) is 0 Å². The normalized spacial score (nSPS) is 17.2. The molecule has 0 unspecified atom stereocenters. The van der Waals surface area contributed by atoms with Crippen molar-refractivity contribution in [1.82, 2.24) is 9.55 Å². The average Bonchev–Trinajstić information content (AvgIpc) is 2.68. The van der Waals surface area contributed by atoms with Crippen LogP contribution >= 0.6 is 23.8 Å². The smallest absolute Gasteiger partial charge is 0.178 e. The minimum Gasteiger partial charge on any atom is -0.381 e. The highest BCUT2D eigenvalue weighted by Gasteiger charge is 2.17. The maximum Gasteiger partial charge on any atom is 0.178 e. The molecular weight excluding hydrogens is 287 g/mol. The quantitative estimate of drug-likeness (QED) is 0.852. The van der Waals surface area contributed by atoms with Crippen LogP contribution in [0.4, 0.5) is 4.39 Å². The van der Waals surface area contributed by atoms with Crippen LogP contribution in [-0.2, 0) is 11.3 Å². The molecule has 0 spiro atoms. The lowest BCUT2D eigenvalue weighted by atomic mass is 10.0. The Morgan fingerprint density at radius 1 is 1.42 bits per heavy atom. The average molecular weight is 301 g/mol. The van der Waals surface area contributed by atoms with Gasteiger partial charge in [0.05, 0.1) is 16.1 Å². The van der Waals surface area contributed by atoms with E-state index < -0.39 is 5.82 Å². The van der Waals surface area contributed by atoms with Crippen molar-refractivity contribution in [1.29, 1.82) is 0 Å². The van der Waals surface area contributed by atoms with E-state index >= 15 is 0 Å². The van der Waals surface area contributed by atoms with E-state index in [2.05, 4.69) is 4.98 Å². The molecule has 0 saturated carbocycles. The van der Waals surface area contributed by atoms with Crippen LogP contribution in [0.5, 0.6) is 0 Å². The maximum atomic E-state index is 13.4. The van der Waals surface area contributed by atoms with Gasteiger partial charge in [-0.3, -0.25) is 0 Å². The monoisotopic (exact) mass is 300 g/mol. The fourth-order valence-corrected chi connectivity index (χ4v) is 2.96. The van der Waals surface area contributed by atoms with Gasteiger partial charge in [0.1, 0.15) is 5.82 Å². The van der Waals surface area contributed by atoms with Crippen molar-refractivity contribution >= 4 is 34.9 Å². The molecule has 1 saturated heterocycles. The number of benzene rings is 1. The predicted molar refractivity (Wildman–Crippen MR) is 75.6 cm³/mol. The maximum absolute atomic E-state index is 13.4. The third kappa shape index (κ3) is 2.55. The number of rotatable bonds is 2. The largest absolute Gasteiger partial charge is 0.381 e. The molecular formula is C13H14ClFN2OS. The summed E-state index contributed by atoms with van der Waals surface area (Å²) in [6, 6.07) is 3.03. The first-order valence-corrected chi connectivity index (χ1v) is 7.09. The van der Waals surface area contributed by atoms with Crippen LogP contribution in [0, 0.1) is 16.5 Å². The van der Waals surface area contributed by atoms with Gasteiger partial charge in [-0.15, -0.1) is 0 Å². The van der Waals surface area contributed by atoms with Gasteiger partial charge in [-0.1, -0.05) is 11.6 Å². The fraction of sp³-hybridized carbons (Fsp3) is 0.462. The second kappa shape index (κ2) is 5.23. The van der Waals surface area contributed by atoms with Crippen molar-refractivity contribution < 1.29 is 9.13 Å². The number of aromatic amines is 1. The third-order valence-electron chi connectivity index (χ3n) is 3.60. The molecule has 2 heterocycles. The summed E-state index contributed by atoms with van der Waals surface area (Å²) in [5.74, 6) is 0.118. The van der Waals surface area contributed by atoms with Gasteiger partial charge in [0.2, 0.25) is 0 Å². The van der Waals surface area contributed by atoms with Gasteiger partial charge in [-0.2, -0.15) is 0 Å². The second-order valence-electron chi connectivity index (χ2n) is 4.88. The van der Waals surface area contributed by atoms with Gasteiger partial charge in [0.15, 0.2) is 4.77 Å². The topological polar surface area (TPSA) is 29.9 Å². The van der Waals surface area contributed by atoms with E-state index in [1.807, 2.05) is 4.57 Å². The first kappa shape index (κ1) is 13.1.